The maximum atomic E-state index is 14.4. The summed E-state index contributed by atoms with van der Waals surface area (Å²) in [5.41, 5.74) is 9.66. The van der Waals surface area contributed by atoms with Gasteiger partial charge >= 0.3 is 11.9 Å². The fourth-order valence-corrected chi connectivity index (χ4v) is 10.3. The quantitative estimate of drug-likeness (QED) is 0.0938. The van der Waals surface area contributed by atoms with E-state index < -0.39 is 11.9 Å². The molecule has 6 unspecified atom stereocenters. The lowest BCUT2D eigenvalue weighted by molar-refractivity contribution is -0.144. The summed E-state index contributed by atoms with van der Waals surface area (Å²) in [4.78, 5) is 55.4. The molecule has 65 heavy (non-hydrogen) atoms. The van der Waals surface area contributed by atoms with E-state index in [1.807, 2.05) is 58.1 Å². The summed E-state index contributed by atoms with van der Waals surface area (Å²) in [6.45, 7) is 23.0. The minimum absolute atomic E-state index is 0.0824. The van der Waals surface area contributed by atoms with Crippen LogP contribution in [0, 0.1) is 41.4 Å². The molecule has 348 valence electrons. The molecule has 6 atom stereocenters. The van der Waals surface area contributed by atoms with Crippen molar-refractivity contribution in [1.82, 2.24) is 5.32 Å². The topological polar surface area (TPSA) is 141 Å². The first kappa shape index (κ1) is 49.3. The molecule has 0 aromatic heterocycles. The van der Waals surface area contributed by atoms with E-state index in [-0.39, 0.29) is 48.3 Å². The largest absolute Gasteiger partial charge is 0.468 e. The highest BCUT2D eigenvalue weighted by molar-refractivity contribution is 6.20. The van der Waals surface area contributed by atoms with Gasteiger partial charge in [0.25, 0.3) is 0 Å². The van der Waals surface area contributed by atoms with Crippen molar-refractivity contribution in [2.45, 2.75) is 147 Å². The van der Waals surface area contributed by atoms with Crippen molar-refractivity contribution in [3.63, 3.8) is 0 Å². The maximum Gasteiger partial charge on any atom is 0.321 e. The van der Waals surface area contributed by atoms with Crippen LogP contribution >= 0.6 is 0 Å². The Morgan fingerprint density at radius 2 is 1.51 bits per heavy atom. The molecule has 2 radical (unpaired) electrons. The van der Waals surface area contributed by atoms with E-state index in [4.69, 9.17) is 29.8 Å². The fourth-order valence-electron chi connectivity index (χ4n) is 10.3. The minimum atomic E-state index is -1.26. The van der Waals surface area contributed by atoms with Crippen LogP contribution in [0.25, 0.3) is 0 Å². The summed E-state index contributed by atoms with van der Waals surface area (Å²) in [7, 11) is 1.28. The third kappa shape index (κ3) is 11.0. The van der Waals surface area contributed by atoms with Crippen LogP contribution < -0.4 is 5.32 Å². The van der Waals surface area contributed by atoms with Gasteiger partial charge in [0.1, 0.15) is 12.5 Å². The van der Waals surface area contributed by atoms with Gasteiger partial charge in [0, 0.05) is 46.6 Å². The van der Waals surface area contributed by atoms with Crippen LogP contribution in [0.1, 0.15) is 147 Å². The van der Waals surface area contributed by atoms with E-state index in [9.17, 15) is 19.5 Å². The van der Waals surface area contributed by atoms with Gasteiger partial charge in [-0.05, 0) is 113 Å². The van der Waals surface area contributed by atoms with E-state index in [1.165, 1.54) is 57.6 Å². The monoisotopic (exact) mass is 885 g/mol. The van der Waals surface area contributed by atoms with Crippen molar-refractivity contribution >= 4 is 34.9 Å². The van der Waals surface area contributed by atoms with Gasteiger partial charge < -0.3 is 9.47 Å². The van der Waals surface area contributed by atoms with E-state index in [0.717, 1.165) is 41.5 Å². The second kappa shape index (κ2) is 21.5. The molecule has 0 aromatic rings. The molecule has 10 nitrogen and oxygen atoms in total. The zero-order valence-corrected chi connectivity index (χ0v) is 41.2. The fraction of sp³-hybridized carbons (Fsp3) is 0.564. The third-order valence-electron chi connectivity index (χ3n) is 14.4. The minimum Gasteiger partial charge on any atom is -0.468 e. The van der Waals surface area contributed by atoms with Gasteiger partial charge in [-0.3, -0.25) is 29.5 Å². The number of hydrogen-bond acceptors (Lipinski definition) is 8. The van der Waals surface area contributed by atoms with Gasteiger partial charge in [0.05, 0.1) is 47.0 Å². The molecule has 5 heterocycles. The van der Waals surface area contributed by atoms with E-state index in [0.29, 0.717) is 74.5 Å². The number of methoxy groups -OCH3 is 1. The number of rotatable bonds is 19. The average molecular weight is 885 g/mol. The predicted octanol–water partition coefficient (Wildman–Crippen LogP) is 12.1. The Morgan fingerprint density at radius 3 is 2.15 bits per heavy atom. The molecule has 0 amide bonds. The van der Waals surface area contributed by atoms with Crippen molar-refractivity contribution in [2.24, 2.45) is 56.4 Å². The molecule has 0 fully saturated rings. The highest BCUT2D eigenvalue weighted by Gasteiger charge is 2.50. The van der Waals surface area contributed by atoms with Gasteiger partial charge in [-0.15, -0.1) is 0 Å². The molecule has 1 aliphatic carbocycles. The van der Waals surface area contributed by atoms with Crippen LogP contribution in [0.4, 0.5) is 0 Å². The second-order valence-electron chi connectivity index (χ2n) is 19.8. The normalized spacial score (nSPS) is 24.3. The van der Waals surface area contributed by atoms with Crippen LogP contribution in [-0.4, -0.2) is 48.6 Å². The van der Waals surface area contributed by atoms with Crippen molar-refractivity contribution in [1.29, 1.82) is 0 Å². The number of ketones is 1. The van der Waals surface area contributed by atoms with Crippen LogP contribution in [0.5, 0.6) is 0 Å². The van der Waals surface area contributed by atoms with E-state index in [2.05, 4.69) is 41.5 Å². The molecule has 6 rings (SSSR count). The van der Waals surface area contributed by atoms with Crippen LogP contribution in [0.15, 0.2) is 119 Å². The number of Topliss-reactive ketones (excluding diaryl/α,β-unsaturated/α-hetero) is 1. The highest BCUT2D eigenvalue weighted by atomic mass is 16.5. The smallest absolute Gasteiger partial charge is 0.321 e. The summed E-state index contributed by atoms with van der Waals surface area (Å²) in [6, 6.07) is 0. The molecule has 6 aliphatic rings. The zero-order chi connectivity index (χ0) is 47.3. The number of nitrogens with zero attached hydrogens (tertiary/aromatic N) is 4. The number of fused-ring (bicyclic) bond motifs is 5. The number of allylic oxidation sites excluding steroid dienone is 10. The van der Waals surface area contributed by atoms with Gasteiger partial charge in [-0.1, -0.05) is 98.1 Å². The van der Waals surface area contributed by atoms with Crippen LogP contribution in [0.3, 0.4) is 0 Å². The summed E-state index contributed by atoms with van der Waals surface area (Å²) < 4.78 is 11.0. The Kier molecular flexibility index (Phi) is 16.3. The SMILES string of the molecule is CC=C1C2=CC3=C(C)C4=C([O])C(C(=O)OC)C(=C4[N]3)C3=NC(=CC4=NC(=CC(=N2)C1C)C(C(C)=O)=C4C)C(C)C3CCC(=O)OCC=C(C)CCCC(C)CCCC(C)CCCC(C)C. The number of esters is 2. The van der Waals surface area contributed by atoms with Crippen molar-refractivity contribution in [3.05, 3.63) is 104 Å². The molecular formula is C55H72N4O6. The van der Waals surface area contributed by atoms with E-state index in [1.54, 1.807) is 6.92 Å². The second-order valence-corrected chi connectivity index (χ2v) is 19.8. The lowest BCUT2D eigenvalue weighted by Gasteiger charge is -2.22. The molecule has 5 aliphatic heterocycles. The summed E-state index contributed by atoms with van der Waals surface area (Å²) in [6.07, 6.45) is 21.4. The Hall–Kier alpha value is -5.12. The predicted molar refractivity (Wildman–Crippen MR) is 259 cm³/mol. The third-order valence-corrected chi connectivity index (χ3v) is 14.4. The molecule has 0 N–H and O–H groups in total. The Labute approximate surface area is 388 Å². The lowest BCUT2D eigenvalue weighted by Crippen LogP contribution is -2.28. The molecule has 0 aromatic carbocycles. The summed E-state index contributed by atoms with van der Waals surface area (Å²) in [5.74, 6) is -1.17. The summed E-state index contributed by atoms with van der Waals surface area (Å²) >= 11 is 0. The first-order valence-corrected chi connectivity index (χ1v) is 24.2. The Bertz CT molecular complexity index is 2330. The molecule has 10 heteroatoms. The maximum absolute atomic E-state index is 14.4. The van der Waals surface area contributed by atoms with Crippen LogP contribution in [-0.2, 0) is 29.0 Å². The number of ether oxygens (including phenoxy) is 2. The molecular weight excluding hydrogens is 813 g/mol. The van der Waals surface area contributed by atoms with Gasteiger partial charge in [0.15, 0.2) is 11.5 Å². The highest BCUT2D eigenvalue weighted by Crippen LogP contribution is 2.50. The van der Waals surface area contributed by atoms with Crippen molar-refractivity contribution < 1.29 is 29.0 Å². The molecule has 0 saturated carbocycles. The first-order chi connectivity index (χ1) is 30.9. The zero-order valence-electron chi connectivity index (χ0n) is 41.2. The number of hydrogen-bond donors (Lipinski definition) is 0. The standard InChI is InChI=1S/C55H72N4O6/c1-13-39-34(7)41-29-46-48(38(11)60)36(9)43(57-46)27-42-35(8)40(52(58-42)50-51(55(63)64-12)54(62)49-37(10)44(59-53(49)50)28-45(39)56-41)23-24-47(61)65-26-25-33(6)22-16-21-32(5)20-15-19-31(4)18-14-17-30(2)3/h13,25,27-32,34-35,40,51H,14-24,26H2,1-12H3. The molecule has 0 spiro atoms. The summed E-state index contributed by atoms with van der Waals surface area (Å²) in [5, 5.41) is 19.4. The molecule has 8 bridgehead atoms. The average Bonchev–Trinajstić information content (AvgIpc) is 4.00. The number of carbonyl (C=O) groups excluding carboxylic acids is 3. The van der Waals surface area contributed by atoms with E-state index >= 15 is 0 Å². The van der Waals surface area contributed by atoms with Gasteiger partial charge in [-0.2, -0.15) is 0 Å². The Balaban J connectivity index is 1.20. The first-order valence-electron chi connectivity index (χ1n) is 24.2. The number of carbonyl (C=O) groups is 3. The van der Waals surface area contributed by atoms with Gasteiger partial charge in [-0.25, -0.2) is 10.3 Å². The van der Waals surface area contributed by atoms with Crippen molar-refractivity contribution in [2.75, 3.05) is 13.7 Å². The van der Waals surface area contributed by atoms with Gasteiger partial charge in [0.2, 0.25) is 0 Å². The number of aliphatic imine (C=N–C) groups is 3. The lowest BCUT2D eigenvalue weighted by atomic mass is 9.81. The molecule has 0 saturated heterocycles. The Morgan fingerprint density at radius 1 is 0.831 bits per heavy atom. The van der Waals surface area contributed by atoms with Crippen molar-refractivity contribution in [3.8, 4) is 0 Å². The van der Waals surface area contributed by atoms with Crippen LogP contribution in [0.2, 0.25) is 0 Å².